The van der Waals surface area contributed by atoms with Crippen LogP contribution >= 0.6 is 11.3 Å². The van der Waals surface area contributed by atoms with Gasteiger partial charge in [0.25, 0.3) is 5.78 Å². The SMILES string of the molecule is C=CCOc1ccc(C2C(=C(O)c3cccc(OC)c3)C(=O)C(=O)N2c2nc3c(C)cc(C)cc3s2)cc1. The number of aromatic nitrogens is 1. The minimum atomic E-state index is -0.892. The smallest absolute Gasteiger partial charge is 0.301 e. The first-order valence-electron chi connectivity index (χ1n) is 12.0. The van der Waals surface area contributed by atoms with Crippen LogP contribution in [-0.4, -0.2) is 35.5 Å². The molecule has 1 aliphatic heterocycles. The van der Waals surface area contributed by atoms with E-state index in [9.17, 15) is 14.7 Å². The first kappa shape index (κ1) is 25.2. The van der Waals surface area contributed by atoms with Crippen LogP contribution < -0.4 is 14.4 Å². The molecule has 0 radical (unpaired) electrons. The van der Waals surface area contributed by atoms with Crippen LogP contribution in [0.1, 0.15) is 28.3 Å². The number of fused-ring (bicyclic) bond motifs is 1. The van der Waals surface area contributed by atoms with Crippen molar-refractivity contribution < 1.29 is 24.2 Å². The third kappa shape index (κ3) is 4.43. The molecule has 8 heteroatoms. The maximum Gasteiger partial charge on any atom is 0.301 e. The van der Waals surface area contributed by atoms with Crippen LogP contribution in [0.25, 0.3) is 16.0 Å². The zero-order valence-electron chi connectivity index (χ0n) is 21.2. The number of carbonyl (C=O) groups is 2. The topological polar surface area (TPSA) is 89.0 Å². The van der Waals surface area contributed by atoms with E-state index in [2.05, 4.69) is 6.58 Å². The molecule has 1 saturated heterocycles. The van der Waals surface area contributed by atoms with E-state index in [4.69, 9.17) is 14.5 Å². The van der Waals surface area contributed by atoms with Crippen molar-refractivity contribution in [2.75, 3.05) is 18.6 Å². The Kier molecular flexibility index (Phi) is 6.73. The summed E-state index contributed by atoms with van der Waals surface area (Å²) >= 11 is 1.34. The maximum atomic E-state index is 13.5. The van der Waals surface area contributed by atoms with Crippen molar-refractivity contribution in [3.63, 3.8) is 0 Å². The summed E-state index contributed by atoms with van der Waals surface area (Å²) in [6.45, 7) is 7.98. The van der Waals surface area contributed by atoms with Crippen molar-refractivity contribution in [2.24, 2.45) is 0 Å². The molecule has 38 heavy (non-hydrogen) atoms. The van der Waals surface area contributed by atoms with Gasteiger partial charge in [0.15, 0.2) is 5.13 Å². The number of hydrogen-bond donors (Lipinski definition) is 1. The van der Waals surface area contributed by atoms with E-state index < -0.39 is 17.7 Å². The third-order valence-corrected chi connectivity index (χ3v) is 7.38. The normalized spacial score (nSPS) is 16.7. The van der Waals surface area contributed by atoms with Gasteiger partial charge in [-0.1, -0.05) is 54.3 Å². The van der Waals surface area contributed by atoms with E-state index in [1.807, 2.05) is 26.0 Å². The molecule has 0 spiro atoms. The molecule has 1 amide bonds. The van der Waals surface area contributed by atoms with Crippen LogP contribution in [0, 0.1) is 13.8 Å². The zero-order valence-corrected chi connectivity index (χ0v) is 22.0. The first-order valence-corrected chi connectivity index (χ1v) is 12.8. The number of thiazole rings is 1. The number of hydrogen-bond acceptors (Lipinski definition) is 7. The highest BCUT2D eigenvalue weighted by Crippen LogP contribution is 2.45. The highest BCUT2D eigenvalue weighted by Gasteiger charge is 2.48. The molecule has 1 atom stereocenters. The van der Waals surface area contributed by atoms with Crippen molar-refractivity contribution in [3.05, 3.63) is 101 Å². The van der Waals surface area contributed by atoms with Gasteiger partial charge >= 0.3 is 5.91 Å². The summed E-state index contributed by atoms with van der Waals surface area (Å²) in [6, 6.07) is 17.0. The summed E-state index contributed by atoms with van der Waals surface area (Å²) < 4.78 is 11.8. The summed E-state index contributed by atoms with van der Waals surface area (Å²) in [4.78, 5) is 33.2. The summed E-state index contributed by atoms with van der Waals surface area (Å²) in [7, 11) is 1.52. The Morgan fingerprint density at radius 3 is 2.58 bits per heavy atom. The summed E-state index contributed by atoms with van der Waals surface area (Å²) in [5.41, 5.74) is 3.82. The molecule has 7 nitrogen and oxygen atoms in total. The first-order chi connectivity index (χ1) is 18.3. The molecule has 3 aromatic carbocycles. The van der Waals surface area contributed by atoms with Gasteiger partial charge in [-0.05, 0) is 60.9 Å². The largest absolute Gasteiger partial charge is 0.507 e. The fourth-order valence-electron chi connectivity index (χ4n) is 4.63. The van der Waals surface area contributed by atoms with Crippen molar-refractivity contribution in [2.45, 2.75) is 19.9 Å². The molecule has 2 heterocycles. The van der Waals surface area contributed by atoms with E-state index in [-0.39, 0.29) is 11.3 Å². The lowest BCUT2D eigenvalue weighted by molar-refractivity contribution is -0.132. The second-order valence-corrected chi connectivity index (χ2v) is 10.0. The summed E-state index contributed by atoms with van der Waals surface area (Å²) in [6.07, 6.45) is 1.65. The molecular formula is C30H26N2O5S. The predicted octanol–water partition coefficient (Wildman–Crippen LogP) is 6.11. The number of aliphatic hydroxyl groups is 1. The number of nitrogens with zero attached hydrogens (tertiary/aromatic N) is 2. The van der Waals surface area contributed by atoms with Crippen LogP contribution in [0.4, 0.5) is 5.13 Å². The molecule has 1 aliphatic rings. The van der Waals surface area contributed by atoms with Gasteiger partial charge < -0.3 is 14.6 Å². The van der Waals surface area contributed by atoms with E-state index in [0.717, 1.165) is 21.3 Å². The lowest BCUT2D eigenvalue weighted by atomic mass is 9.95. The van der Waals surface area contributed by atoms with Gasteiger partial charge in [-0.3, -0.25) is 14.5 Å². The van der Waals surface area contributed by atoms with Gasteiger partial charge in [-0.15, -0.1) is 0 Å². The standard InChI is InChI=1S/C30H26N2O5S/c1-5-13-37-21-11-9-19(10-12-21)26-24(27(33)20-7-6-8-22(16-20)36-4)28(34)29(35)32(26)30-31-25-18(3)14-17(2)15-23(25)38-30/h5-12,14-16,26,33H,1,13H2,2-4H3. The molecule has 4 aromatic rings. The lowest BCUT2D eigenvalue weighted by Gasteiger charge is -2.23. The second kappa shape index (κ2) is 10.1. The molecular weight excluding hydrogens is 500 g/mol. The van der Waals surface area contributed by atoms with Crippen LogP contribution in [0.3, 0.4) is 0 Å². The average Bonchev–Trinajstić information content (AvgIpc) is 3.45. The molecule has 1 unspecified atom stereocenters. The molecule has 1 N–H and O–H groups in total. The molecule has 5 rings (SSSR count). The monoisotopic (exact) mass is 526 g/mol. The fourth-order valence-corrected chi connectivity index (χ4v) is 5.80. The predicted molar refractivity (Wildman–Crippen MR) is 149 cm³/mol. The Morgan fingerprint density at radius 1 is 1.11 bits per heavy atom. The van der Waals surface area contributed by atoms with Gasteiger partial charge in [0.1, 0.15) is 23.9 Å². The molecule has 0 aliphatic carbocycles. The molecule has 1 fully saturated rings. The number of ether oxygens (including phenoxy) is 2. The van der Waals surface area contributed by atoms with Gasteiger partial charge in [0.05, 0.1) is 28.9 Å². The molecule has 1 aromatic heterocycles. The quantitative estimate of drug-likeness (QED) is 0.135. The number of anilines is 1. The summed E-state index contributed by atoms with van der Waals surface area (Å²) in [5.74, 6) is -0.686. The lowest BCUT2D eigenvalue weighted by Crippen LogP contribution is -2.29. The number of rotatable bonds is 7. The molecule has 0 bridgehead atoms. The third-order valence-electron chi connectivity index (χ3n) is 6.38. The van der Waals surface area contributed by atoms with Crippen LogP contribution in [-0.2, 0) is 9.59 Å². The zero-order chi connectivity index (χ0) is 27.0. The van der Waals surface area contributed by atoms with Crippen molar-refractivity contribution in [1.29, 1.82) is 0 Å². The number of carbonyl (C=O) groups excluding carboxylic acids is 2. The Morgan fingerprint density at radius 2 is 1.87 bits per heavy atom. The van der Waals surface area contributed by atoms with Gasteiger partial charge in [-0.25, -0.2) is 4.98 Å². The number of methoxy groups -OCH3 is 1. The van der Waals surface area contributed by atoms with Gasteiger partial charge in [0, 0.05) is 5.56 Å². The molecule has 192 valence electrons. The van der Waals surface area contributed by atoms with Crippen molar-refractivity contribution in [1.82, 2.24) is 4.98 Å². The van der Waals surface area contributed by atoms with Crippen LogP contribution in [0.2, 0.25) is 0 Å². The van der Waals surface area contributed by atoms with Crippen molar-refractivity contribution in [3.8, 4) is 11.5 Å². The van der Waals surface area contributed by atoms with Crippen LogP contribution in [0.5, 0.6) is 11.5 Å². The maximum absolute atomic E-state index is 13.5. The van der Waals surface area contributed by atoms with Crippen molar-refractivity contribution >= 4 is 44.1 Å². The number of benzene rings is 3. The number of Topliss-reactive ketones (excluding diaryl/α,β-unsaturated/α-hetero) is 1. The van der Waals surface area contributed by atoms with Crippen LogP contribution in [0.15, 0.2) is 78.9 Å². The second-order valence-electron chi connectivity index (χ2n) is 8.99. The van der Waals surface area contributed by atoms with Gasteiger partial charge in [-0.2, -0.15) is 0 Å². The number of aryl methyl sites for hydroxylation is 2. The highest BCUT2D eigenvalue weighted by atomic mass is 32.1. The minimum Gasteiger partial charge on any atom is -0.507 e. The Hall–Kier alpha value is -4.43. The highest BCUT2D eigenvalue weighted by molar-refractivity contribution is 7.22. The Labute approximate surface area is 224 Å². The number of ketones is 1. The Bertz CT molecular complexity index is 1600. The van der Waals surface area contributed by atoms with E-state index in [0.29, 0.717) is 34.4 Å². The molecule has 0 saturated carbocycles. The van der Waals surface area contributed by atoms with E-state index >= 15 is 0 Å². The fraction of sp³-hybridized carbons (Fsp3) is 0.167. The number of aliphatic hydroxyl groups excluding tert-OH is 1. The Balaban J connectivity index is 1.70. The van der Waals surface area contributed by atoms with Gasteiger partial charge in [0.2, 0.25) is 0 Å². The van der Waals surface area contributed by atoms with E-state index in [1.165, 1.54) is 23.3 Å². The number of amides is 1. The summed E-state index contributed by atoms with van der Waals surface area (Å²) in [5, 5.41) is 11.8. The minimum absolute atomic E-state index is 0.0184. The van der Waals surface area contributed by atoms with E-state index in [1.54, 1.807) is 54.6 Å². The average molecular weight is 527 g/mol.